The second-order valence-corrected chi connectivity index (χ2v) is 46.9. The molecule has 2 rings (SSSR count). The van der Waals surface area contributed by atoms with Gasteiger partial charge in [-0.2, -0.15) is 0 Å². The van der Waals surface area contributed by atoms with Gasteiger partial charge in [-0.1, -0.05) is 112 Å². The fourth-order valence-corrected chi connectivity index (χ4v) is 11.7. The molecule has 1 aliphatic heterocycles. The number of nitrogens with one attached hydrogen (secondary N) is 9. The number of carbonyl (C=O) groups is 9. The standard InChI is InChI=1S/C14H21NO2.C14H29NO2.C12H23NO3.2C12H25NO2.2C11H23NO2.C10H21NO2.C9H19NO2/c1-11(15-14(2,3)4)13(16)17-10-12-8-6-5-7-9-12;1-7-9-12(10-8-2)17-13(16)11(3)15-14(4,5)6;1-9(13-12(2,3)4)11(14)16-10-5-7-15-8-6-10;2*1-9(13-12(5,6)7)10(14)15-8-11(2,3)4;2*1-7-8(2)14-10(13)9(3)12-11(4,5)6;1-7(2)13-9(12)8(3)11-10(4,5)6;1-6-12-8(11)7(2)10-9(3,4)5/h5-9,11,15H,10H2,1-4H3;11-12,15H,7-10H2,1-6H3;9-10,13H,5-8H2,1-4H3;2*9,13H,8H2,1-7H3;2*8-9,12H,7H2,1-6H3;7-8,11H,1-6H3;7,10H,6H2,1-5H3/t2*11-;3*9-;8-,9+;8-,9-;8-;7-/m000001000/s1. The molecule has 0 amide bonds. The van der Waals surface area contributed by atoms with Crippen LogP contribution < -0.4 is 47.9 Å². The number of carbonyl (C=O) groups excluding carboxylic acids is 9. The molecule has 0 unspecified atom stereocenters. The molecule has 133 heavy (non-hydrogen) atoms. The summed E-state index contributed by atoms with van der Waals surface area (Å²) in [5.74, 6) is -1.60. The van der Waals surface area contributed by atoms with E-state index in [0.29, 0.717) is 39.6 Å². The minimum atomic E-state index is -0.293. The highest BCUT2D eigenvalue weighted by molar-refractivity contribution is 5.79. The highest BCUT2D eigenvalue weighted by Gasteiger charge is 2.31. The Morgan fingerprint density at radius 3 is 0.774 bits per heavy atom. The normalized spacial score (nSPS) is 15.3. The van der Waals surface area contributed by atoms with Gasteiger partial charge in [-0.15, -0.1) is 0 Å². The highest BCUT2D eigenvalue weighted by atomic mass is 16.6. The molecule has 0 bridgehead atoms. The van der Waals surface area contributed by atoms with Gasteiger partial charge in [0.05, 0.1) is 51.3 Å². The Hall–Kier alpha value is -5.95. The van der Waals surface area contributed by atoms with Crippen LogP contribution in [0.25, 0.3) is 0 Å². The van der Waals surface area contributed by atoms with Crippen LogP contribution in [0, 0.1) is 10.8 Å². The zero-order valence-electron chi connectivity index (χ0n) is 94.6. The van der Waals surface area contributed by atoms with Crippen LogP contribution in [0.5, 0.6) is 0 Å². The molecule has 0 aliphatic carbocycles. The van der Waals surface area contributed by atoms with Crippen LogP contribution in [-0.4, -0.2) is 222 Å². The number of hydrogen-bond donors (Lipinski definition) is 9. The fraction of sp³-hybridized carbons (Fsp3) is 0.857. The molecule has 0 saturated carbocycles. The van der Waals surface area contributed by atoms with Crippen LogP contribution in [0.1, 0.15) is 410 Å². The average Bonchev–Trinajstić information content (AvgIpc) is 0.858. The van der Waals surface area contributed by atoms with E-state index >= 15 is 0 Å². The first-order valence-corrected chi connectivity index (χ1v) is 49.0. The van der Waals surface area contributed by atoms with Crippen LogP contribution in [0.2, 0.25) is 0 Å². The van der Waals surface area contributed by atoms with Crippen molar-refractivity contribution in [1.29, 1.82) is 0 Å². The summed E-state index contributed by atoms with van der Waals surface area (Å²) in [6.45, 7) is 104. The van der Waals surface area contributed by atoms with Gasteiger partial charge in [-0.25, -0.2) is 0 Å². The van der Waals surface area contributed by atoms with Gasteiger partial charge in [-0.3, -0.25) is 91.0 Å². The summed E-state index contributed by atoms with van der Waals surface area (Å²) in [6.07, 6.45) is 7.45. The molecule has 1 heterocycles. The molecular formula is C105H209N9O19. The van der Waals surface area contributed by atoms with Crippen molar-refractivity contribution in [3.63, 3.8) is 0 Å². The van der Waals surface area contributed by atoms with E-state index in [1.165, 1.54) is 0 Å². The van der Waals surface area contributed by atoms with Crippen molar-refractivity contribution in [3.05, 3.63) is 35.9 Å². The van der Waals surface area contributed by atoms with E-state index in [0.717, 1.165) is 56.9 Å². The number of ether oxygens (including phenoxy) is 10. The van der Waals surface area contributed by atoms with Crippen LogP contribution in [0.4, 0.5) is 0 Å². The quantitative estimate of drug-likeness (QED) is 0.0229. The Labute approximate surface area is 813 Å². The van der Waals surface area contributed by atoms with Crippen LogP contribution >= 0.6 is 0 Å². The maximum atomic E-state index is 11.9. The van der Waals surface area contributed by atoms with Gasteiger partial charge in [0.1, 0.15) is 73.2 Å². The molecule has 0 spiro atoms. The van der Waals surface area contributed by atoms with Crippen molar-refractivity contribution in [1.82, 2.24) is 47.9 Å². The Morgan fingerprint density at radius 2 is 0.541 bits per heavy atom. The predicted octanol–water partition coefficient (Wildman–Crippen LogP) is 19.2. The first kappa shape index (κ1) is 140. The van der Waals surface area contributed by atoms with Gasteiger partial charge in [-0.05, 0) is 326 Å². The molecule has 1 fully saturated rings. The van der Waals surface area contributed by atoms with Crippen molar-refractivity contribution >= 4 is 53.7 Å². The predicted molar refractivity (Wildman–Crippen MR) is 547 cm³/mol. The Kier molecular flexibility index (Phi) is 71.8. The molecule has 0 radical (unpaired) electrons. The smallest absolute Gasteiger partial charge is 0.323 e. The minimum absolute atomic E-state index is 0.00622. The molecule has 9 N–H and O–H groups in total. The van der Waals surface area contributed by atoms with E-state index < -0.39 is 0 Å². The largest absolute Gasteiger partial charge is 0.465 e. The third-order valence-corrected chi connectivity index (χ3v) is 16.9. The molecular weight excluding hydrogens is 1690 g/mol. The first-order valence-electron chi connectivity index (χ1n) is 49.0. The van der Waals surface area contributed by atoms with Gasteiger partial charge in [0.15, 0.2) is 0 Å². The summed E-state index contributed by atoms with van der Waals surface area (Å²) in [6, 6.07) is 7.40. The van der Waals surface area contributed by atoms with Gasteiger partial charge < -0.3 is 47.4 Å². The fourth-order valence-electron chi connectivity index (χ4n) is 11.7. The Morgan fingerprint density at radius 1 is 0.308 bits per heavy atom. The summed E-state index contributed by atoms with van der Waals surface area (Å²) < 4.78 is 52.1. The third kappa shape index (κ3) is 97.5. The van der Waals surface area contributed by atoms with Crippen LogP contribution in [0.3, 0.4) is 0 Å². The monoisotopic (exact) mass is 1900 g/mol. The van der Waals surface area contributed by atoms with Gasteiger partial charge in [0, 0.05) is 62.7 Å². The Bertz CT molecular complexity index is 3160. The number of hydrogen-bond acceptors (Lipinski definition) is 28. The van der Waals surface area contributed by atoms with Crippen LogP contribution in [-0.2, 0) is 97.1 Å². The molecule has 11 atom stereocenters. The van der Waals surface area contributed by atoms with Crippen molar-refractivity contribution < 1.29 is 90.5 Å². The zero-order valence-corrected chi connectivity index (χ0v) is 94.6. The lowest BCUT2D eigenvalue weighted by atomic mass is 9.99. The Balaban J connectivity index is -0.000000269. The number of benzene rings is 1. The molecule has 1 aliphatic rings. The molecule has 1 aromatic carbocycles. The molecule has 28 heteroatoms. The van der Waals surface area contributed by atoms with Crippen LogP contribution in [0.15, 0.2) is 30.3 Å². The van der Waals surface area contributed by atoms with E-state index in [1.807, 2.05) is 370 Å². The lowest BCUT2D eigenvalue weighted by Crippen LogP contribution is -2.47. The minimum Gasteiger partial charge on any atom is -0.465 e. The van der Waals surface area contributed by atoms with Crippen molar-refractivity contribution in [2.24, 2.45) is 10.8 Å². The molecule has 788 valence electrons. The van der Waals surface area contributed by atoms with E-state index in [1.54, 1.807) is 0 Å². The molecule has 28 nitrogen and oxygen atoms in total. The first-order chi connectivity index (χ1) is 59.7. The third-order valence-electron chi connectivity index (χ3n) is 16.9. The van der Waals surface area contributed by atoms with E-state index in [-0.39, 0.29) is 199 Å². The second-order valence-electron chi connectivity index (χ2n) is 46.9. The topological polar surface area (TPSA) is 354 Å². The molecule has 1 saturated heterocycles. The van der Waals surface area contributed by atoms with Gasteiger partial charge >= 0.3 is 53.7 Å². The summed E-state index contributed by atoms with van der Waals surface area (Å²) in [5.41, 5.74) is 0.449. The maximum absolute atomic E-state index is 11.9. The average molecular weight is 1900 g/mol. The number of esters is 9. The van der Waals surface area contributed by atoms with Crippen molar-refractivity contribution in [2.45, 2.75) is 546 Å². The summed E-state index contributed by atoms with van der Waals surface area (Å²) in [4.78, 5) is 104. The highest BCUT2D eigenvalue weighted by Crippen LogP contribution is 2.19. The van der Waals surface area contributed by atoms with Gasteiger partial charge in [0.25, 0.3) is 0 Å². The molecule has 1 aromatic rings. The van der Waals surface area contributed by atoms with E-state index in [4.69, 9.17) is 47.4 Å². The lowest BCUT2D eigenvalue weighted by molar-refractivity contribution is -0.156. The second kappa shape index (κ2) is 68.2. The van der Waals surface area contributed by atoms with Crippen molar-refractivity contribution in [3.8, 4) is 0 Å². The van der Waals surface area contributed by atoms with E-state index in [2.05, 4.69) is 61.7 Å². The zero-order chi connectivity index (χ0) is 106. The van der Waals surface area contributed by atoms with Gasteiger partial charge in [0.2, 0.25) is 0 Å². The summed E-state index contributed by atoms with van der Waals surface area (Å²) >= 11 is 0. The lowest BCUT2D eigenvalue weighted by Gasteiger charge is -2.28. The maximum Gasteiger partial charge on any atom is 0.323 e. The summed E-state index contributed by atoms with van der Waals surface area (Å²) in [5, 5.41) is 28.6. The number of rotatable bonds is 34. The summed E-state index contributed by atoms with van der Waals surface area (Å²) in [7, 11) is 0. The molecule has 0 aromatic heterocycles. The van der Waals surface area contributed by atoms with E-state index in [9.17, 15) is 43.2 Å². The SMILES string of the molecule is CC(C)OC(=O)[C@H](C)NC(C)(C)C.CCCC(CCC)OC(=O)[C@H](C)NC(C)(C)C.CCOC(=O)[C@H](C)NC(C)(C)C.CC[C@@H](C)OC(=O)[C@H](C)NC(C)(C)C.CC[C@H](C)OC(=O)[C@H](C)NC(C)(C)C.C[C@H](NC(C)(C)C)C(=O)OC1CCOCC1.C[C@H](NC(C)(C)C)C(=O)OCC(C)(C)C.C[C@H](NC(C)(C)C)C(=O)OCC(C)(C)C.C[C@H](NC(C)(C)C)C(=O)OCc1ccccc1. The van der Waals surface area contributed by atoms with Crippen molar-refractivity contribution in [2.75, 3.05) is 33.0 Å².